The van der Waals surface area contributed by atoms with Crippen LogP contribution in [0.15, 0.2) is 40.2 Å². The molecule has 3 aromatic rings. The Hall–Kier alpha value is -3.00. The molecule has 0 aliphatic heterocycles. The number of aryl methyl sites for hydroxylation is 2. The molecule has 0 bridgehead atoms. The summed E-state index contributed by atoms with van der Waals surface area (Å²) in [5, 5.41) is 8.66. The van der Waals surface area contributed by atoms with Crippen LogP contribution in [0.4, 0.5) is 5.13 Å². The molecule has 2 heterocycles. The van der Waals surface area contributed by atoms with Crippen molar-refractivity contribution in [2.24, 2.45) is 0 Å². The lowest BCUT2D eigenvalue weighted by molar-refractivity contribution is -0.123. The van der Waals surface area contributed by atoms with E-state index in [4.69, 9.17) is 9.26 Å². The van der Waals surface area contributed by atoms with E-state index in [1.165, 1.54) is 18.3 Å². The lowest BCUT2D eigenvalue weighted by Gasteiger charge is -2.12. The second kappa shape index (κ2) is 7.49. The van der Waals surface area contributed by atoms with Gasteiger partial charge in [-0.15, -0.1) is 11.3 Å². The van der Waals surface area contributed by atoms with E-state index in [0.29, 0.717) is 16.6 Å². The number of esters is 1. The number of hydrogen-bond acceptors (Lipinski definition) is 7. The lowest BCUT2D eigenvalue weighted by Crippen LogP contribution is -2.30. The quantitative estimate of drug-likeness (QED) is 0.689. The average molecular weight is 371 g/mol. The molecule has 26 heavy (non-hydrogen) atoms. The summed E-state index contributed by atoms with van der Waals surface area (Å²) in [4.78, 5) is 28.8. The van der Waals surface area contributed by atoms with Gasteiger partial charge in [0.2, 0.25) is 0 Å². The van der Waals surface area contributed by atoms with Gasteiger partial charge in [0.1, 0.15) is 11.3 Å². The number of carbonyl (C=O) groups is 2. The fourth-order valence-corrected chi connectivity index (χ4v) is 3.05. The van der Waals surface area contributed by atoms with Gasteiger partial charge in [-0.05, 0) is 20.8 Å². The Kier molecular flexibility index (Phi) is 5.13. The normalized spacial score (nSPS) is 11.8. The molecule has 7 nitrogen and oxygen atoms in total. The molecule has 1 aromatic carbocycles. The van der Waals surface area contributed by atoms with E-state index in [1.54, 1.807) is 13.8 Å². The first-order valence-electron chi connectivity index (χ1n) is 7.91. The third-order valence-corrected chi connectivity index (χ3v) is 4.45. The molecule has 134 valence electrons. The van der Waals surface area contributed by atoms with Gasteiger partial charge in [-0.25, -0.2) is 9.78 Å². The molecule has 3 rings (SSSR count). The van der Waals surface area contributed by atoms with Crippen LogP contribution in [0.3, 0.4) is 0 Å². The van der Waals surface area contributed by atoms with Crippen molar-refractivity contribution in [3.05, 3.63) is 52.7 Å². The summed E-state index contributed by atoms with van der Waals surface area (Å²) in [5.41, 5.74) is 2.39. The van der Waals surface area contributed by atoms with Crippen LogP contribution in [0.2, 0.25) is 0 Å². The van der Waals surface area contributed by atoms with Crippen LogP contribution in [0.5, 0.6) is 0 Å². The monoisotopic (exact) mass is 371 g/mol. The van der Waals surface area contributed by atoms with Crippen molar-refractivity contribution in [2.45, 2.75) is 26.9 Å². The Morgan fingerprint density at radius 1 is 1.23 bits per heavy atom. The van der Waals surface area contributed by atoms with Crippen LogP contribution in [-0.2, 0) is 9.53 Å². The van der Waals surface area contributed by atoms with Crippen molar-refractivity contribution < 1.29 is 18.8 Å². The molecule has 0 saturated heterocycles. The number of amides is 1. The second-order valence-electron chi connectivity index (χ2n) is 5.64. The minimum atomic E-state index is -0.986. The summed E-state index contributed by atoms with van der Waals surface area (Å²) in [5.74, 6) is -0.750. The Labute approximate surface area is 154 Å². The number of nitrogens with zero attached hydrogens (tertiary/aromatic N) is 2. The molecule has 0 fully saturated rings. The number of anilines is 1. The SMILES string of the molecule is Cc1noc(C)c1C(=O)O[C@@H](C)C(=O)Nc1nc(-c2ccccc2)cs1. The maximum absolute atomic E-state index is 12.3. The molecular weight excluding hydrogens is 354 g/mol. The standard InChI is InChI=1S/C18H17N3O4S/c1-10-15(11(2)25-21-10)17(23)24-12(3)16(22)20-18-19-14(9-26-18)13-7-5-4-6-8-13/h4-9,12H,1-3H3,(H,19,20,22)/t12-/m0/s1. The zero-order chi connectivity index (χ0) is 18.7. The van der Waals surface area contributed by atoms with Crippen LogP contribution in [0, 0.1) is 13.8 Å². The smallest absolute Gasteiger partial charge is 0.344 e. The number of carbonyl (C=O) groups excluding carboxylic acids is 2. The summed E-state index contributed by atoms with van der Waals surface area (Å²) in [7, 11) is 0. The summed E-state index contributed by atoms with van der Waals surface area (Å²) in [6, 6.07) is 9.64. The summed E-state index contributed by atoms with van der Waals surface area (Å²) in [6.45, 7) is 4.75. The van der Waals surface area contributed by atoms with Gasteiger partial charge in [0, 0.05) is 10.9 Å². The van der Waals surface area contributed by atoms with E-state index in [1.807, 2.05) is 35.7 Å². The molecule has 1 atom stereocenters. The summed E-state index contributed by atoms with van der Waals surface area (Å²) in [6.07, 6.45) is -0.986. The highest BCUT2D eigenvalue weighted by Crippen LogP contribution is 2.24. The highest BCUT2D eigenvalue weighted by Gasteiger charge is 2.24. The van der Waals surface area contributed by atoms with E-state index in [9.17, 15) is 9.59 Å². The number of ether oxygens (including phenoxy) is 1. The van der Waals surface area contributed by atoms with Gasteiger partial charge in [-0.3, -0.25) is 10.1 Å². The largest absolute Gasteiger partial charge is 0.449 e. The van der Waals surface area contributed by atoms with E-state index >= 15 is 0 Å². The third kappa shape index (κ3) is 3.80. The minimum absolute atomic E-state index is 0.241. The molecule has 8 heteroatoms. The predicted octanol–water partition coefficient (Wildman–Crippen LogP) is 3.60. The van der Waals surface area contributed by atoms with Crippen molar-refractivity contribution in [2.75, 3.05) is 5.32 Å². The maximum Gasteiger partial charge on any atom is 0.344 e. The highest BCUT2D eigenvalue weighted by molar-refractivity contribution is 7.14. The number of aromatic nitrogens is 2. The first-order chi connectivity index (χ1) is 12.5. The second-order valence-corrected chi connectivity index (χ2v) is 6.50. The summed E-state index contributed by atoms with van der Waals surface area (Å²) < 4.78 is 10.1. The van der Waals surface area contributed by atoms with Gasteiger partial charge in [0.05, 0.1) is 11.4 Å². The van der Waals surface area contributed by atoms with Crippen LogP contribution in [0.25, 0.3) is 11.3 Å². The molecular formula is C18H17N3O4S. The first kappa shape index (κ1) is 17.8. The van der Waals surface area contributed by atoms with Crippen LogP contribution in [0.1, 0.15) is 28.7 Å². The Bertz CT molecular complexity index is 914. The highest BCUT2D eigenvalue weighted by atomic mass is 32.1. The molecule has 2 aromatic heterocycles. The number of rotatable bonds is 5. The van der Waals surface area contributed by atoms with Crippen molar-refractivity contribution in [1.29, 1.82) is 0 Å². The average Bonchev–Trinajstić information content (AvgIpc) is 3.22. The van der Waals surface area contributed by atoms with Crippen LogP contribution >= 0.6 is 11.3 Å². The van der Waals surface area contributed by atoms with Crippen molar-refractivity contribution in [1.82, 2.24) is 10.1 Å². The lowest BCUT2D eigenvalue weighted by atomic mass is 10.2. The van der Waals surface area contributed by atoms with Crippen molar-refractivity contribution >= 4 is 28.3 Å². The molecule has 1 N–H and O–H groups in total. The fourth-order valence-electron chi connectivity index (χ4n) is 2.33. The van der Waals surface area contributed by atoms with E-state index in [0.717, 1.165) is 11.3 Å². The van der Waals surface area contributed by atoms with E-state index in [-0.39, 0.29) is 5.56 Å². The zero-order valence-electron chi connectivity index (χ0n) is 14.5. The maximum atomic E-state index is 12.3. The van der Waals surface area contributed by atoms with E-state index in [2.05, 4.69) is 15.5 Å². The van der Waals surface area contributed by atoms with Gasteiger partial charge in [-0.1, -0.05) is 35.5 Å². The molecule has 0 unspecified atom stereocenters. The van der Waals surface area contributed by atoms with Gasteiger partial charge in [0.25, 0.3) is 5.91 Å². The number of benzene rings is 1. The number of hydrogen-bond donors (Lipinski definition) is 1. The number of nitrogens with one attached hydrogen (secondary N) is 1. The topological polar surface area (TPSA) is 94.3 Å². The Morgan fingerprint density at radius 3 is 2.62 bits per heavy atom. The molecule has 0 saturated carbocycles. The molecule has 0 aliphatic carbocycles. The first-order valence-corrected chi connectivity index (χ1v) is 8.79. The van der Waals surface area contributed by atoms with Gasteiger partial charge in [0.15, 0.2) is 11.2 Å². The minimum Gasteiger partial charge on any atom is -0.449 e. The van der Waals surface area contributed by atoms with Crippen molar-refractivity contribution in [3.8, 4) is 11.3 Å². The Morgan fingerprint density at radius 2 is 1.96 bits per heavy atom. The van der Waals surface area contributed by atoms with Gasteiger partial charge >= 0.3 is 5.97 Å². The fraction of sp³-hybridized carbons (Fsp3) is 0.222. The van der Waals surface area contributed by atoms with Gasteiger partial charge < -0.3 is 9.26 Å². The van der Waals surface area contributed by atoms with E-state index < -0.39 is 18.0 Å². The Balaban J connectivity index is 1.63. The number of thiazole rings is 1. The third-order valence-electron chi connectivity index (χ3n) is 3.69. The molecule has 0 aliphatic rings. The van der Waals surface area contributed by atoms with Crippen molar-refractivity contribution in [3.63, 3.8) is 0 Å². The summed E-state index contributed by atoms with van der Waals surface area (Å²) >= 11 is 1.30. The molecule has 1 amide bonds. The zero-order valence-corrected chi connectivity index (χ0v) is 15.3. The van der Waals surface area contributed by atoms with Gasteiger partial charge in [-0.2, -0.15) is 0 Å². The van der Waals surface area contributed by atoms with Crippen LogP contribution in [-0.4, -0.2) is 28.1 Å². The predicted molar refractivity (Wildman–Crippen MR) is 97.0 cm³/mol. The molecule has 0 spiro atoms. The molecule has 0 radical (unpaired) electrons. The van der Waals surface area contributed by atoms with Crippen LogP contribution < -0.4 is 5.32 Å².